The number of nitrogens with one attached hydrogen (secondary N) is 1. The van der Waals surface area contributed by atoms with E-state index in [9.17, 15) is 18.0 Å². The van der Waals surface area contributed by atoms with Gasteiger partial charge in [0, 0.05) is 25.2 Å². The van der Waals surface area contributed by atoms with Crippen molar-refractivity contribution in [2.24, 2.45) is 0 Å². The van der Waals surface area contributed by atoms with Crippen molar-refractivity contribution >= 4 is 21.5 Å². The zero-order chi connectivity index (χ0) is 24.6. The lowest BCUT2D eigenvalue weighted by atomic mass is 9.98. The molecule has 0 atom stereocenters. The van der Waals surface area contributed by atoms with Gasteiger partial charge in [-0.25, -0.2) is 13.9 Å². The molecular weight excluding hydrogens is 462 g/mol. The molecule has 2 N–H and O–H groups in total. The molecule has 1 fully saturated rings. The molecule has 0 radical (unpaired) electrons. The quantitative estimate of drug-likeness (QED) is 0.213. The second-order valence-electron chi connectivity index (χ2n) is 7.98. The van der Waals surface area contributed by atoms with Crippen LogP contribution in [0.1, 0.15) is 42.5 Å². The fourth-order valence-corrected chi connectivity index (χ4v) is 5.80. The summed E-state index contributed by atoms with van der Waals surface area (Å²) in [4.78, 5) is 24.5. The van der Waals surface area contributed by atoms with Gasteiger partial charge in [-0.15, -0.1) is 0 Å². The number of unbranched alkanes of at least 4 members (excludes halogenated alkanes) is 1. The predicted molar refractivity (Wildman–Crippen MR) is 123 cm³/mol. The van der Waals surface area contributed by atoms with Crippen molar-refractivity contribution in [2.75, 3.05) is 26.9 Å². The van der Waals surface area contributed by atoms with Crippen LogP contribution in [0.2, 0.25) is 0 Å². The van der Waals surface area contributed by atoms with E-state index in [2.05, 4.69) is 0 Å². The van der Waals surface area contributed by atoms with Crippen LogP contribution in [0, 0.1) is 0 Å². The van der Waals surface area contributed by atoms with Crippen LogP contribution in [0.5, 0.6) is 11.5 Å². The Balaban J connectivity index is 1.52. The fourth-order valence-electron chi connectivity index (χ4n) is 3.86. The summed E-state index contributed by atoms with van der Waals surface area (Å²) < 4.78 is 40.6. The summed E-state index contributed by atoms with van der Waals surface area (Å²) in [7, 11) is -2.50. The van der Waals surface area contributed by atoms with Crippen molar-refractivity contribution in [3.63, 3.8) is 0 Å². The van der Waals surface area contributed by atoms with Crippen molar-refractivity contribution in [2.45, 2.75) is 41.7 Å². The van der Waals surface area contributed by atoms with Gasteiger partial charge >= 0.3 is 0 Å². The van der Waals surface area contributed by atoms with Gasteiger partial charge in [0.1, 0.15) is 11.5 Å². The van der Waals surface area contributed by atoms with Gasteiger partial charge in [0.05, 0.1) is 18.6 Å². The number of ketones is 1. The molecule has 0 aliphatic carbocycles. The summed E-state index contributed by atoms with van der Waals surface area (Å²) >= 11 is 0. The van der Waals surface area contributed by atoms with Crippen molar-refractivity contribution in [3.8, 4) is 11.5 Å². The second kappa shape index (κ2) is 11.5. The van der Waals surface area contributed by atoms with Crippen LogP contribution in [0.15, 0.2) is 53.4 Å². The van der Waals surface area contributed by atoms with Crippen LogP contribution in [0.25, 0.3) is 0 Å². The molecule has 1 aliphatic rings. The highest BCUT2D eigenvalue weighted by molar-refractivity contribution is 7.93. The number of rotatable bonds is 11. The average Bonchev–Trinajstić information content (AvgIpc) is 2.88. The van der Waals surface area contributed by atoms with Gasteiger partial charge in [-0.3, -0.25) is 14.8 Å². The maximum Gasteiger partial charge on any atom is 0.265 e. The molecule has 9 nitrogen and oxygen atoms in total. The Hall–Kier alpha value is -2.95. The van der Waals surface area contributed by atoms with Gasteiger partial charge in [0.15, 0.2) is 20.4 Å². The molecule has 0 unspecified atom stereocenters. The van der Waals surface area contributed by atoms with Crippen LogP contribution in [0.3, 0.4) is 0 Å². The Morgan fingerprint density at radius 2 is 1.62 bits per heavy atom. The second-order valence-corrected chi connectivity index (χ2v) is 10.2. The number of hydrogen-bond acceptors (Lipinski definition) is 8. The molecule has 0 bridgehead atoms. The van der Waals surface area contributed by atoms with Gasteiger partial charge in [0.2, 0.25) is 0 Å². The van der Waals surface area contributed by atoms with Gasteiger partial charge < -0.3 is 14.2 Å². The fraction of sp³-hybridized carbons (Fsp3) is 0.417. The Morgan fingerprint density at radius 3 is 2.21 bits per heavy atom. The Labute approximate surface area is 198 Å². The largest absolute Gasteiger partial charge is 0.497 e. The zero-order valence-corrected chi connectivity index (χ0v) is 19.8. The van der Waals surface area contributed by atoms with Crippen LogP contribution in [-0.4, -0.2) is 57.0 Å². The highest BCUT2D eigenvalue weighted by atomic mass is 32.2. The third kappa shape index (κ3) is 5.57. The van der Waals surface area contributed by atoms with E-state index in [0.717, 1.165) is 0 Å². The Bertz CT molecular complexity index is 1070. The molecule has 1 saturated heterocycles. The molecule has 1 aliphatic heterocycles. The third-order valence-corrected chi connectivity index (χ3v) is 8.46. The molecule has 2 aromatic carbocycles. The van der Waals surface area contributed by atoms with Crippen LogP contribution in [0.4, 0.5) is 0 Å². The van der Waals surface area contributed by atoms with Crippen LogP contribution in [-0.2, 0) is 19.4 Å². The van der Waals surface area contributed by atoms with Crippen molar-refractivity contribution in [3.05, 3.63) is 54.1 Å². The van der Waals surface area contributed by atoms with Gasteiger partial charge in [-0.2, -0.15) is 0 Å². The maximum absolute atomic E-state index is 13.2. The summed E-state index contributed by atoms with van der Waals surface area (Å²) in [6.07, 6.45) is 1.61. The summed E-state index contributed by atoms with van der Waals surface area (Å²) in [5.41, 5.74) is 2.13. The highest BCUT2D eigenvalue weighted by Crippen LogP contribution is 2.35. The molecule has 1 amide bonds. The van der Waals surface area contributed by atoms with E-state index in [1.54, 1.807) is 31.4 Å². The SMILES string of the molecule is COc1ccc(C(=O)CCCCOc2ccc(S(=O)(=O)C3(C(=O)NO)CCOCC3)cc2)cc1. The monoisotopic (exact) mass is 491 g/mol. The van der Waals surface area contributed by atoms with Crippen LogP contribution < -0.4 is 15.0 Å². The summed E-state index contributed by atoms with van der Waals surface area (Å²) in [5.74, 6) is 0.267. The number of methoxy groups -OCH3 is 1. The van der Waals surface area contributed by atoms with E-state index < -0.39 is 20.5 Å². The minimum Gasteiger partial charge on any atom is -0.497 e. The highest BCUT2D eigenvalue weighted by Gasteiger charge is 2.52. The average molecular weight is 492 g/mol. The topological polar surface area (TPSA) is 128 Å². The molecule has 1 heterocycles. The Morgan fingerprint density at radius 1 is 1.00 bits per heavy atom. The number of benzene rings is 2. The number of carbonyl (C=O) groups is 2. The first-order valence-corrected chi connectivity index (χ1v) is 12.5. The first-order valence-electron chi connectivity index (χ1n) is 11.0. The molecule has 0 spiro atoms. The molecule has 2 aromatic rings. The van der Waals surface area contributed by atoms with E-state index in [1.807, 2.05) is 0 Å². The zero-order valence-electron chi connectivity index (χ0n) is 19.0. The lowest BCUT2D eigenvalue weighted by molar-refractivity contribution is -0.134. The van der Waals surface area contributed by atoms with Gasteiger partial charge in [-0.05, 0) is 74.2 Å². The van der Waals surface area contributed by atoms with E-state index in [-0.39, 0.29) is 36.7 Å². The number of ether oxygens (including phenoxy) is 3. The number of hydroxylamine groups is 1. The van der Waals surface area contributed by atoms with E-state index in [4.69, 9.17) is 19.4 Å². The molecule has 184 valence electrons. The molecule has 3 rings (SSSR count). The van der Waals surface area contributed by atoms with Gasteiger partial charge in [-0.1, -0.05) is 0 Å². The Kier molecular flexibility index (Phi) is 8.65. The normalized spacial score (nSPS) is 15.4. The van der Waals surface area contributed by atoms with Crippen molar-refractivity contribution in [1.29, 1.82) is 0 Å². The standard InChI is InChI=1S/C24H29NO8S/c1-31-19-7-5-18(6-8-19)22(26)4-2-3-15-33-20-9-11-21(12-10-20)34(29,30)24(23(27)25-28)13-16-32-17-14-24/h5-12,28H,2-4,13-17H2,1H3,(H,25,27). The smallest absolute Gasteiger partial charge is 0.265 e. The molecule has 0 aromatic heterocycles. The first kappa shape index (κ1) is 25.7. The van der Waals surface area contributed by atoms with E-state index in [1.165, 1.54) is 29.7 Å². The van der Waals surface area contributed by atoms with Crippen molar-refractivity contribution in [1.82, 2.24) is 5.48 Å². The summed E-state index contributed by atoms with van der Waals surface area (Å²) in [6.45, 7) is 0.583. The molecule has 0 saturated carbocycles. The lowest BCUT2D eigenvalue weighted by Gasteiger charge is -2.34. The van der Waals surface area contributed by atoms with E-state index in [0.29, 0.717) is 42.9 Å². The molecular formula is C24H29NO8S. The number of Topliss-reactive ketones (excluding diaryl/α,β-unsaturated/α-hetero) is 1. The summed E-state index contributed by atoms with van der Waals surface area (Å²) in [5, 5.41) is 9.12. The number of sulfone groups is 1. The number of hydrogen-bond donors (Lipinski definition) is 2. The van der Waals surface area contributed by atoms with E-state index >= 15 is 0 Å². The number of amides is 1. The van der Waals surface area contributed by atoms with Crippen molar-refractivity contribution < 1.29 is 37.4 Å². The minimum atomic E-state index is -4.07. The number of carbonyl (C=O) groups excluding carboxylic acids is 2. The summed E-state index contributed by atoms with van der Waals surface area (Å²) in [6, 6.07) is 12.8. The lowest BCUT2D eigenvalue weighted by Crippen LogP contribution is -2.54. The predicted octanol–water partition coefficient (Wildman–Crippen LogP) is 2.96. The molecule has 10 heteroatoms. The molecule has 34 heavy (non-hydrogen) atoms. The third-order valence-electron chi connectivity index (χ3n) is 5.94. The first-order chi connectivity index (χ1) is 16.3. The van der Waals surface area contributed by atoms with Crippen LogP contribution >= 0.6 is 0 Å². The minimum absolute atomic E-state index is 0.0320. The maximum atomic E-state index is 13.2. The van der Waals surface area contributed by atoms with Gasteiger partial charge in [0.25, 0.3) is 5.91 Å².